The van der Waals surface area contributed by atoms with Crippen LogP contribution in [0.5, 0.6) is 5.75 Å². The summed E-state index contributed by atoms with van der Waals surface area (Å²) in [6.45, 7) is 0.794. The molecule has 0 aliphatic carbocycles. The van der Waals surface area contributed by atoms with Crippen LogP contribution in [0.2, 0.25) is 0 Å². The minimum atomic E-state index is -2.23. The first-order chi connectivity index (χ1) is 11.8. The molecule has 3 rings (SSSR count). The Balaban J connectivity index is 1.95. The SMILES string of the molecule is Cc1cc(=O)oc2cc(OCc3c(F)c(F)c(F)c(F)c3F)ccc12. The van der Waals surface area contributed by atoms with Gasteiger partial charge in [0.1, 0.15) is 17.9 Å². The fraction of sp³-hybridized carbons (Fsp3) is 0.118. The second-order valence-electron chi connectivity index (χ2n) is 5.24. The lowest BCUT2D eigenvalue weighted by molar-refractivity contribution is 0.279. The standard InChI is InChI=1S/C17H9F5O3/c1-7-4-12(23)25-11-5-8(2-3-9(7)11)24-6-10-13(18)15(20)17(22)16(21)14(10)19/h2-5H,6H2,1H3. The number of benzene rings is 2. The van der Waals surface area contributed by atoms with Crippen molar-refractivity contribution in [2.45, 2.75) is 13.5 Å². The summed E-state index contributed by atoms with van der Waals surface area (Å²) >= 11 is 0. The van der Waals surface area contributed by atoms with Crippen LogP contribution in [0.3, 0.4) is 0 Å². The predicted molar refractivity (Wildman–Crippen MR) is 77.8 cm³/mol. The zero-order valence-electron chi connectivity index (χ0n) is 12.6. The second kappa shape index (κ2) is 6.19. The Kier molecular flexibility index (Phi) is 4.20. The van der Waals surface area contributed by atoms with E-state index in [1.54, 1.807) is 13.0 Å². The van der Waals surface area contributed by atoms with Crippen molar-refractivity contribution in [2.75, 3.05) is 0 Å². The summed E-state index contributed by atoms with van der Waals surface area (Å²) in [6, 6.07) is 5.54. The molecule has 0 amide bonds. The van der Waals surface area contributed by atoms with Crippen LogP contribution in [0.4, 0.5) is 22.0 Å². The van der Waals surface area contributed by atoms with Crippen molar-refractivity contribution in [1.29, 1.82) is 0 Å². The molecule has 130 valence electrons. The quantitative estimate of drug-likeness (QED) is 0.303. The van der Waals surface area contributed by atoms with Gasteiger partial charge in [-0.3, -0.25) is 0 Å². The molecule has 0 saturated carbocycles. The van der Waals surface area contributed by atoms with Gasteiger partial charge in [0.25, 0.3) is 0 Å². The molecular weight excluding hydrogens is 347 g/mol. The fourth-order valence-corrected chi connectivity index (χ4v) is 2.33. The van der Waals surface area contributed by atoms with Gasteiger partial charge in [-0.1, -0.05) is 0 Å². The van der Waals surface area contributed by atoms with Crippen LogP contribution < -0.4 is 10.4 Å². The van der Waals surface area contributed by atoms with Crippen molar-refractivity contribution >= 4 is 11.0 Å². The zero-order valence-corrected chi connectivity index (χ0v) is 12.6. The lowest BCUT2D eigenvalue weighted by Gasteiger charge is -2.10. The molecule has 0 radical (unpaired) electrons. The maximum Gasteiger partial charge on any atom is 0.336 e. The van der Waals surface area contributed by atoms with Crippen LogP contribution in [0, 0.1) is 36.0 Å². The topological polar surface area (TPSA) is 39.4 Å². The Bertz CT molecular complexity index is 1010. The lowest BCUT2D eigenvalue weighted by atomic mass is 10.1. The average Bonchev–Trinajstić information content (AvgIpc) is 2.57. The van der Waals surface area contributed by atoms with Gasteiger partial charge in [0.2, 0.25) is 5.82 Å². The molecular formula is C17H9F5O3. The molecule has 0 unspecified atom stereocenters. The van der Waals surface area contributed by atoms with E-state index < -0.39 is 46.9 Å². The molecule has 0 atom stereocenters. The lowest BCUT2D eigenvalue weighted by Crippen LogP contribution is -2.09. The largest absolute Gasteiger partial charge is 0.489 e. The van der Waals surface area contributed by atoms with Crippen molar-refractivity contribution < 1.29 is 31.1 Å². The van der Waals surface area contributed by atoms with Gasteiger partial charge in [-0.05, 0) is 24.6 Å². The first-order valence-corrected chi connectivity index (χ1v) is 6.97. The molecule has 3 nitrogen and oxygen atoms in total. The highest BCUT2D eigenvalue weighted by molar-refractivity contribution is 5.81. The Labute approximate surface area is 137 Å². The predicted octanol–water partition coefficient (Wildman–Crippen LogP) is 4.38. The molecule has 3 aromatic rings. The summed E-state index contributed by atoms with van der Waals surface area (Å²) in [7, 11) is 0. The van der Waals surface area contributed by atoms with Crippen molar-refractivity contribution in [3.63, 3.8) is 0 Å². The normalized spacial score (nSPS) is 11.1. The Morgan fingerprint density at radius 3 is 2.16 bits per heavy atom. The van der Waals surface area contributed by atoms with E-state index in [4.69, 9.17) is 9.15 Å². The number of hydrogen-bond donors (Lipinski definition) is 0. The highest BCUT2D eigenvalue weighted by Crippen LogP contribution is 2.26. The van der Waals surface area contributed by atoms with E-state index in [0.29, 0.717) is 10.9 Å². The number of hydrogen-bond acceptors (Lipinski definition) is 3. The summed E-state index contributed by atoms with van der Waals surface area (Å²) in [6.07, 6.45) is 0. The van der Waals surface area contributed by atoms with Gasteiger partial charge >= 0.3 is 5.63 Å². The average molecular weight is 356 g/mol. The third kappa shape index (κ3) is 2.95. The molecule has 0 spiro atoms. The van der Waals surface area contributed by atoms with Gasteiger partial charge in [-0.25, -0.2) is 26.7 Å². The fourth-order valence-electron chi connectivity index (χ4n) is 2.33. The second-order valence-corrected chi connectivity index (χ2v) is 5.24. The molecule has 25 heavy (non-hydrogen) atoms. The number of halogens is 5. The van der Waals surface area contributed by atoms with Crippen LogP contribution in [-0.4, -0.2) is 0 Å². The Morgan fingerprint density at radius 2 is 1.52 bits per heavy atom. The maximum absolute atomic E-state index is 13.6. The number of aryl methyl sites for hydroxylation is 1. The van der Waals surface area contributed by atoms with Gasteiger partial charge in [0, 0.05) is 17.5 Å². The first kappa shape index (κ1) is 16.9. The Morgan fingerprint density at radius 1 is 0.920 bits per heavy atom. The summed E-state index contributed by atoms with van der Waals surface area (Å²) in [5.41, 5.74) is -0.874. The minimum Gasteiger partial charge on any atom is -0.489 e. The van der Waals surface area contributed by atoms with Gasteiger partial charge in [0.05, 0.1) is 5.56 Å². The van der Waals surface area contributed by atoms with E-state index >= 15 is 0 Å². The summed E-state index contributed by atoms with van der Waals surface area (Å²) in [5.74, 6) is -10.2. The van der Waals surface area contributed by atoms with Gasteiger partial charge in [-0.2, -0.15) is 0 Å². The smallest absolute Gasteiger partial charge is 0.336 e. The first-order valence-electron chi connectivity index (χ1n) is 6.97. The third-order valence-electron chi connectivity index (χ3n) is 3.61. The maximum atomic E-state index is 13.6. The molecule has 1 heterocycles. The molecule has 0 bridgehead atoms. The molecule has 0 aliphatic heterocycles. The molecule has 1 aromatic heterocycles. The highest BCUT2D eigenvalue weighted by atomic mass is 19.2. The minimum absolute atomic E-state index is 0.0326. The van der Waals surface area contributed by atoms with Crippen molar-refractivity contribution in [1.82, 2.24) is 0 Å². The van der Waals surface area contributed by atoms with Crippen molar-refractivity contribution in [3.05, 3.63) is 74.9 Å². The van der Waals surface area contributed by atoms with Crippen LogP contribution >= 0.6 is 0 Å². The van der Waals surface area contributed by atoms with E-state index in [1.807, 2.05) is 0 Å². The Hall–Kier alpha value is -2.90. The summed E-state index contributed by atoms with van der Waals surface area (Å²) < 4.78 is 76.6. The van der Waals surface area contributed by atoms with Crippen LogP contribution in [0.1, 0.15) is 11.1 Å². The summed E-state index contributed by atoms with van der Waals surface area (Å²) in [4.78, 5) is 11.4. The van der Waals surface area contributed by atoms with E-state index in [0.717, 1.165) is 0 Å². The molecule has 0 N–H and O–H groups in total. The van der Waals surface area contributed by atoms with E-state index in [1.165, 1.54) is 18.2 Å². The molecule has 0 aliphatic rings. The number of ether oxygens (including phenoxy) is 1. The highest BCUT2D eigenvalue weighted by Gasteiger charge is 2.25. The molecule has 2 aromatic carbocycles. The monoisotopic (exact) mass is 356 g/mol. The number of fused-ring (bicyclic) bond motifs is 1. The van der Waals surface area contributed by atoms with Crippen LogP contribution in [0.25, 0.3) is 11.0 Å². The molecule has 0 fully saturated rings. The van der Waals surface area contributed by atoms with E-state index in [9.17, 15) is 26.7 Å². The summed E-state index contributed by atoms with van der Waals surface area (Å²) in [5, 5.41) is 0.614. The van der Waals surface area contributed by atoms with E-state index in [-0.39, 0.29) is 11.3 Å². The molecule has 0 saturated heterocycles. The third-order valence-corrected chi connectivity index (χ3v) is 3.61. The van der Waals surface area contributed by atoms with Crippen LogP contribution in [-0.2, 0) is 6.61 Å². The van der Waals surface area contributed by atoms with E-state index in [2.05, 4.69) is 0 Å². The zero-order chi connectivity index (χ0) is 18.3. The van der Waals surface area contributed by atoms with Gasteiger partial charge in [-0.15, -0.1) is 0 Å². The van der Waals surface area contributed by atoms with Gasteiger partial charge < -0.3 is 9.15 Å². The molecule has 8 heteroatoms. The van der Waals surface area contributed by atoms with Gasteiger partial charge in [0.15, 0.2) is 23.3 Å². The van der Waals surface area contributed by atoms with Crippen molar-refractivity contribution in [2.24, 2.45) is 0 Å². The van der Waals surface area contributed by atoms with Crippen LogP contribution in [0.15, 0.2) is 33.5 Å². The number of rotatable bonds is 3. The van der Waals surface area contributed by atoms with Crippen molar-refractivity contribution in [3.8, 4) is 5.75 Å².